The third-order valence-electron chi connectivity index (χ3n) is 5.50. The first kappa shape index (κ1) is 26.6. The zero-order valence-corrected chi connectivity index (χ0v) is 19.5. The molecule has 1 saturated heterocycles. The van der Waals surface area contributed by atoms with Gasteiger partial charge in [0.1, 0.15) is 5.82 Å². The smallest absolute Gasteiger partial charge is 0.475 e. The van der Waals surface area contributed by atoms with Gasteiger partial charge in [-0.05, 0) is 51.1 Å². The van der Waals surface area contributed by atoms with E-state index in [1.54, 1.807) is 12.1 Å². The van der Waals surface area contributed by atoms with E-state index in [1.165, 1.54) is 6.07 Å². The van der Waals surface area contributed by atoms with E-state index in [4.69, 9.17) is 9.90 Å². The number of nitrogens with one attached hydrogen (secondary N) is 3. The van der Waals surface area contributed by atoms with Gasteiger partial charge in [0.05, 0.1) is 11.7 Å². The largest absolute Gasteiger partial charge is 0.490 e. The van der Waals surface area contributed by atoms with Crippen LogP contribution in [0.3, 0.4) is 0 Å². The van der Waals surface area contributed by atoms with Gasteiger partial charge in [-0.25, -0.2) is 9.78 Å². The van der Waals surface area contributed by atoms with Crippen molar-refractivity contribution in [1.82, 2.24) is 25.1 Å². The summed E-state index contributed by atoms with van der Waals surface area (Å²) in [5, 5.41) is 17.2. The molecule has 36 heavy (non-hydrogen) atoms. The van der Waals surface area contributed by atoms with Crippen LogP contribution in [0.1, 0.15) is 47.7 Å². The second kappa shape index (κ2) is 11.2. The first-order valence-corrected chi connectivity index (χ1v) is 11.1. The Kier molecular flexibility index (Phi) is 8.25. The van der Waals surface area contributed by atoms with E-state index in [0.29, 0.717) is 23.6 Å². The number of carbonyl (C=O) groups excluding carboxylic acids is 1. The summed E-state index contributed by atoms with van der Waals surface area (Å²) < 4.78 is 31.7. The monoisotopic (exact) mass is 506 g/mol. The molecule has 1 unspecified atom stereocenters. The number of hydrogen-bond acceptors (Lipinski definition) is 6. The quantitative estimate of drug-likeness (QED) is 0.415. The van der Waals surface area contributed by atoms with Crippen LogP contribution in [0.5, 0.6) is 0 Å². The summed E-state index contributed by atoms with van der Waals surface area (Å²) in [6, 6.07) is 10.8. The zero-order valence-electron chi connectivity index (χ0n) is 19.5. The van der Waals surface area contributed by atoms with Crippen LogP contribution in [-0.2, 0) is 11.2 Å². The molecule has 0 saturated carbocycles. The number of nitrogens with zero attached hydrogens (tertiary/aromatic N) is 3. The first-order valence-electron chi connectivity index (χ1n) is 11.1. The number of carbonyl (C=O) groups is 2. The minimum atomic E-state index is -5.08. The fourth-order valence-corrected chi connectivity index (χ4v) is 3.69. The number of alkyl halides is 3. The molecule has 0 spiro atoms. The topological polar surface area (TPSA) is 144 Å². The second-order valence-electron chi connectivity index (χ2n) is 8.12. The van der Waals surface area contributed by atoms with Gasteiger partial charge in [-0.3, -0.25) is 19.6 Å². The standard InChI is InChI=1S/C21H24N6O2.C2HF3O2/c1-3-14-11-19(28)24-20(22-14)13-6-4-7-15(10-13)23-21(29)17-12-16(25-26-17)18-8-5-9-27(18)2;3-2(4,5)1(6)7/h4,6-7,10-12,18H,3,5,8-9H2,1-2H3,(H,23,29)(H,25,26)(H,22,24,28);(H,6,7). The molecule has 10 nitrogen and oxygen atoms in total. The van der Waals surface area contributed by atoms with E-state index in [2.05, 4.69) is 37.4 Å². The predicted molar refractivity (Wildman–Crippen MR) is 125 cm³/mol. The molecule has 3 aromatic rings. The highest BCUT2D eigenvalue weighted by atomic mass is 19.4. The van der Waals surface area contributed by atoms with Gasteiger partial charge in [-0.15, -0.1) is 0 Å². The lowest BCUT2D eigenvalue weighted by molar-refractivity contribution is -0.192. The Balaban J connectivity index is 0.000000454. The van der Waals surface area contributed by atoms with Crippen LogP contribution in [0, 0.1) is 0 Å². The summed E-state index contributed by atoms with van der Waals surface area (Å²) >= 11 is 0. The highest BCUT2D eigenvalue weighted by molar-refractivity contribution is 6.03. The number of H-pyrrole nitrogens is 2. The Morgan fingerprint density at radius 3 is 2.58 bits per heavy atom. The van der Waals surface area contributed by atoms with E-state index >= 15 is 0 Å². The molecule has 4 N–H and O–H groups in total. The highest BCUT2D eigenvalue weighted by Crippen LogP contribution is 2.29. The van der Waals surface area contributed by atoms with Gasteiger partial charge in [0, 0.05) is 23.0 Å². The fourth-order valence-electron chi connectivity index (χ4n) is 3.69. The zero-order chi connectivity index (χ0) is 26.5. The average Bonchev–Trinajstić information content (AvgIpc) is 3.47. The minimum absolute atomic E-state index is 0.192. The number of likely N-dealkylation sites (tertiary alicyclic amines) is 1. The number of halogens is 3. The summed E-state index contributed by atoms with van der Waals surface area (Å²) in [7, 11) is 2.08. The number of aryl methyl sites for hydroxylation is 1. The SMILES string of the molecule is CCc1cc(=O)[nH]c(-c2cccc(NC(=O)c3cc(C4CCCN4C)[nH]n3)c2)n1.O=C(O)C(F)(F)F. The highest BCUT2D eigenvalue weighted by Gasteiger charge is 2.38. The van der Waals surface area contributed by atoms with Crippen molar-refractivity contribution in [1.29, 1.82) is 0 Å². The molecule has 1 aliphatic heterocycles. The number of aromatic nitrogens is 4. The Bertz CT molecular complexity index is 1290. The lowest BCUT2D eigenvalue weighted by Gasteiger charge is -2.16. The van der Waals surface area contributed by atoms with Crippen LogP contribution < -0.4 is 10.9 Å². The lowest BCUT2D eigenvalue weighted by Crippen LogP contribution is -2.21. The number of hydrogen-bond donors (Lipinski definition) is 4. The summed E-state index contributed by atoms with van der Waals surface area (Å²) in [6.45, 7) is 3.00. The van der Waals surface area contributed by atoms with Gasteiger partial charge in [-0.2, -0.15) is 18.3 Å². The maximum atomic E-state index is 12.6. The predicted octanol–water partition coefficient (Wildman–Crippen LogP) is 3.37. The molecule has 13 heteroatoms. The van der Waals surface area contributed by atoms with Gasteiger partial charge < -0.3 is 15.4 Å². The number of carboxylic acids is 1. The number of anilines is 1. The number of amides is 1. The Labute approximate surface area is 203 Å². The molecule has 1 aliphatic rings. The molecule has 0 bridgehead atoms. The van der Waals surface area contributed by atoms with E-state index in [9.17, 15) is 22.8 Å². The van der Waals surface area contributed by atoms with Crippen molar-refractivity contribution in [2.45, 2.75) is 38.4 Å². The number of benzene rings is 1. The van der Waals surface area contributed by atoms with Crippen LogP contribution in [0.25, 0.3) is 11.4 Å². The number of aliphatic carboxylic acids is 1. The molecule has 1 amide bonds. The molecule has 1 fully saturated rings. The fraction of sp³-hybridized carbons (Fsp3) is 0.348. The summed E-state index contributed by atoms with van der Waals surface area (Å²) in [4.78, 5) is 42.9. The van der Waals surface area contributed by atoms with E-state index in [-0.39, 0.29) is 17.5 Å². The molecule has 4 rings (SSSR count). The normalized spacial score (nSPS) is 15.8. The lowest BCUT2D eigenvalue weighted by atomic mass is 10.1. The van der Waals surface area contributed by atoms with Crippen molar-refractivity contribution in [3.63, 3.8) is 0 Å². The maximum absolute atomic E-state index is 12.6. The first-order chi connectivity index (χ1) is 17.0. The number of carboxylic acid groups (broad SMARTS) is 1. The van der Waals surface area contributed by atoms with Crippen molar-refractivity contribution < 1.29 is 27.9 Å². The number of rotatable bonds is 5. The van der Waals surface area contributed by atoms with Crippen LogP contribution in [0.2, 0.25) is 0 Å². The third-order valence-corrected chi connectivity index (χ3v) is 5.50. The van der Waals surface area contributed by atoms with Gasteiger partial charge in [0.2, 0.25) is 0 Å². The van der Waals surface area contributed by atoms with E-state index in [1.807, 2.05) is 25.1 Å². The molecule has 1 aromatic carbocycles. The van der Waals surface area contributed by atoms with Crippen molar-refractivity contribution in [3.8, 4) is 11.4 Å². The van der Waals surface area contributed by atoms with Gasteiger partial charge >= 0.3 is 12.1 Å². The molecule has 0 radical (unpaired) electrons. The van der Waals surface area contributed by atoms with Crippen molar-refractivity contribution in [2.24, 2.45) is 0 Å². The molecular formula is C23H25F3N6O4. The third kappa shape index (κ3) is 6.78. The Morgan fingerprint density at radius 1 is 1.25 bits per heavy atom. The molecule has 1 atom stereocenters. The van der Waals surface area contributed by atoms with Crippen molar-refractivity contribution in [2.75, 3.05) is 18.9 Å². The Morgan fingerprint density at radius 2 is 1.97 bits per heavy atom. The van der Waals surface area contributed by atoms with Crippen LogP contribution in [0.4, 0.5) is 18.9 Å². The average molecular weight is 506 g/mol. The van der Waals surface area contributed by atoms with Crippen molar-refractivity contribution >= 4 is 17.6 Å². The summed E-state index contributed by atoms with van der Waals surface area (Å²) in [5.74, 6) is -2.56. The van der Waals surface area contributed by atoms with Crippen LogP contribution >= 0.6 is 0 Å². The van der Waals surface area contributed by atoms with Crippen LogP contribution in [0.15, 0.2) is 41.2 Å². The molecule has 2 aromatic heterocycles. The second-order valence-corrected chi connectivity index (χ2v) is 8.12. The van der Waals surface area contributed by atoms with Crippen molar-refractivity contribution in [3.05, 3.63) is 63.8 Å². The van der Waals surface area contributed by atoms with E-state index in [0.717, 1.165) is 36.3 Å². The molecule has 0 aliphatic carbocycles. The Hall–Kier alpha value is -4.00. The van der Waals surface area contributed by atoms with Gasteiger partial charge in [0.25, 0.3) is 11.5 Å². The summed E-state index contributed by atoms with van der Waals surface area (Å²) in [6.07, 6.45) is -2.21. The van der Waals surface area contributed by atoms with E-state index < -0.39 is 12.1 Å². The van der Waals surface area contributed by atoms with Crippen LogP contribution in [-0.4, -0.2) is 61.8 Å². The molecular weight excluding hydrogens is 481 g/mol. The minimum Gasteiger partial charge on any atom is -0.475 e. The molecule has 192 valence electrons. The van der Waals surface area contributed by atoms with Gasteiger partial charge in [0.15, 0.2) is 5.69 Å². The van der Waals surface area contributed by atoms with Gasteiger partial charge in [-0.1, -0.05) is 19.1 Å². The maximum Gasteiger partial charge on any atom is 0.490 e. The number of aromatic amines is 2. The summed E-state index contributed by atoms with van der Waals surface area (Å²) in [5.41, 5.74) is 3.18. The molecule has 3 heterocycles.